The predicted octanol–water partition coefficient (Wildman–Crippen LogP) is 25.4. The first-order valence-corrected chi connectivity index (χ1v) is 31.3. The number of rotatable bonds is 4. The molecule has 0 atom stereocenters. The molecule has 0 unspecified atom stereocenters. The summed E-state index contributed by atoms with van der Waals surface area (Å²) < 4.78 is 307. The molecule has 6 heterocycles. The van der Waals surface area contributed by atoms with Crippen molar-refractivity contribution in [3.05, 3.63) is 249 Å². The molecule has 6 aromatic heterocycles. The Labute approximate surface area is 566 Å². The molecule has 16 aromatic rings. The Bertz CT molecular complexity index is 5450. The van der Waals surface area contributed by atoms with E-state index in [4.69, 9.17) is 23.2 Å². The first-order chi connectivity index (χ1) is 47.7. The number of hydrogen-bond acceptors (Lipinski definition) is 0. The minimum absolute atomic E-state index is 0.140. The van der Waals surface area contributed by atoms with Crippen LogP contribution < -0.4 is 0 Å². The molecular formula is C77H40Cl2F20N2. The highest BCUT2D eigenvalue weighted by molar-refractivity contribution is 6.40. The van der Waals surface area contributed by atoms with E-state index < -0.39 is 172 Å². The Kier molecular flexibility index (Phi) is 16.0. The fourth-order valence-electron chi connectivity index (χ4n) is 14.0. The second-order valence-electron chi connectivity index (χ2n) is 26.0. The van der Waals surface area contributed by atoms with E-state index in [0.717, 1.165) is 11.1 Å². The molecule has 0 radical (unpaired) electrons. The zero-order chi connectivity index (χ0) is 72.7. The van der Waals surface area contributed by atoms with Gasteiger partial charge in [-0.3, -0.25) is 0 Å². The topological polar surface area (TPSA) is 8.82 Å². The molecule has 16 rings (SSSR count). The zero-order valence-corrected chi connectivity index (χ0v) is 54.0. The molecule has 0 N–H and O–H groups in total. The van der Waals surface area contributed by atoms with Crippen LogP contribution in [0.25, 0.3) is 142 Å². The maximum absolute atomic E-state index is 15.9. The van der Waals surface area contributed by atoms with Gasteiger partial charge < -0.3 is 8.80 Å². The van der Waals surface area contributed by atoms with Crippen LogP contribution >= 0.6 is 23.2 Å². The smallest absolute Gasteiger partial charge is 0.200 e. The van der Waals surface area contributed by atoms with Crippen molar-refractivity contribution in [2.24, 2.45) is 0 Å². The number of hydrogen-bond donors (Lipinski definition) is 0. The highest BCUT2D eigenvalue weighted by atomic mass is 35.5. The first-order valence-electron chi connectivity index (χ1n) is 30.3. The fraction of sp³-hybridized carbons (Fsp3) is 0.117. The van der Waals surface area contributed by atoms with Crippen molar-refractivity contribution in [1.82, 2.24) is 8.80 Å². The summed E-state index contributed by atoms with van der Waals surface area (Å²) in [6.45, 7) is 11.8. The molecule has 0 aliphatic heterocycles. The fourth-order valence-corrected chi connectivity index (χ4v) is 14.0. The Morgan fingerprint density at radius 3 is 0.525 bits per heavy atom. The highest BCUT2D eigenvalue weighted by Crippen LogP contribution is 2.56. The quantitative estimate of drug-likeness (QED) is 0.0415. The number of pyridine rings is 4. The molecule has 10 aromatic carbocycles. The lowest BCUT2D eigenvalue weighted by atomic mass is 9.84. The van der Waals surface area contributed by atoms with Gasteiger partial charge in [0.05, 0.1) is 60.7 Å². The van der Waals surface area contributed by atoms with Crippen molar-refractivity contribution in [3.8, 4) is 44.5 Å². The highest BCUT2D eigenvalue weighted by Gasteiger charge is 2.41. The van der Waals surface area contributed by atoms with Gasteiger partial charge in [-0.15, -0.1) is 23.2 Å². The van der Waals surface area contributed by atoms with Crippen LogP contribution in [0.5, 0.6) is 0 Å². The van der Waals surface area contributed by atoms with Crippen LogP contribution in [0.4, 0.5) is 87.8 Å². The van der Waals surface area contributed by atoms with Gasteiger partial charge in [-0.25, -0.2) is 87.8 Å². The third-order valence-electron chi connectivity index (χ3n) is 18.5. The summed E-state index contributed by atoms with van der Waals surface area (Å²) in [5.41, 5.74) is -9.84. The Morgan fingerprint density at radius 1 is 0.218 bits per heavy atom. The average Bonchev–Trinajstić information content (AvgIpc) is 1.53. The predicted molar refractivity (Wildman–Crippen MR) is 352 cm³/mol. The van der Waals surface area contributed by atoms with Gasteiger partial charge in [-0.1, -0.05) is 139 Å². The lowest BCUT2D eigenvalue weighted by Gasteiger charge is -2.23. The van der Waals surface area contributed by atoms with Gasteiger partial charge in [-0.05, 0) is 67.8 Å². The van der Waals surface area contributed by atoms with Gasteiger partial charge in [0.1, 0.15) is 0 Å². The second-order valence-corrected chi connectivity index (χ2v) is 26.8. The van der Waals surface area contributed by atoms with Crippen molar-refractivity contribution in [1.29, 1.82) is 0 Å². The second kappa shape index (κ2) is 23.8. The van der Waals surface area contributed by atoms with Crippen molar-refractivity contribution in [2.75, 3.05) is 5.34 Å². The lowest BCUT2D eigenvalue weighted by Crippen LogP contribution is -2.11. The van der Waals surface area contributed by atoms with Crippen LogP contribution in [0.15, 0.2) is 121 Å². The Balaban J connectivity index is 0.000000165. The summed E-state index contributed by atoms with van der Waals surface area (Å²) in [7, 11) is 0. The van der Waals surface area contributed by atoms with E-state index in [1.54, 1.807) is 48.5 Å². The van der Waals surface area contributed by atoms with Crippen LogP contribution in [0, 0.1) is 116 Å². The standard InChI is InChI=1S/2C38H19F10N.CH2Cl2/c2*1-38(2,3)14-12-19-15-8-4-6-10-17(15)36-21(23-25(39)29(43)33(47)30(44)26(23)40)22(24-27(41)31(45)34(48)32(46)28(24)42)37-18-11-7-5-9-16(18)20(13-14)35(19)49(36)37;2-1-3/h2*4-13H,1-3H3;1H2. The molecule has 0 saturated heterocycles. The largest absolute Gasteiger partial charge is 0.307 e. The minimum atomic E-state index is -2.50. The molecule has 24 heteroatoms. The van der Waals surface area contributed by atoms with Crippen molar-refractivity contribution in [3.63, 3.8) is 0 Å². The van der Waals surface area contributed by atoms with Crippen LogP contribution in [-0.2, 0) is 10.8 Å². The maximum atomic E-state index is 15.9. The van der Waals surface area contributed by atoms with Crippen LogP contribution in [0.1, 0.15) is 52.7 Å². The van der Waals surface area contributed by atoms with E-state index in [1.807, 2.05) is 65.8 Å². The molecule has 0 bridgehead atoms. The molecule has 0 fully saturated rings. The van der Waals surface area contributed by atoms with E-state index in [0.29, 0.717) is 54.1 Å². The molecule has 101 heavy (non-hydrogen) atoms. The van der Waals surface area contributed by atoms with E-state index in [2.05, 4.69) is 0 Å². The third-order valence-corrected chi connectivity index (χ3v) is 18.5. The van der Waals surface area contributed by atoms with Crippen molar-refractivity contribution >= 4 is 121 Å². The van der Waals surface area contributed by atoms with Crippen molar-refractivity contribution < 1.29 is 87.8 Å². The maximum Gasteiger partial charge on any atom is 0.200 e. The summed E-state index contributed by atoms with van der Waals surface area (Å²) in [6, 6.07) is 32.6. The van der Waals surface area contributed by atoms with Gasteiger partial charge in [0.15, 0.2) is 93.1 Å². The third kappa shape index (κ3) is 9.55. The van der Waals surface area contributed by atoms with Gasteiger partial charge in [0.25, 0.3) is 0 Å². The number of alkyl halides is 2. The lowest BCUT2D eigenvalue weighted by molar-refractivity contribution is 0.380. The molecule has 0 spiro atoms. The Morgan fingerprint density at radius 2 is 0.366 bits per heavy atom. The molecule has 0 aliphatic rings. The summed E-state index contributed by atoms with van der Waals surface area (Å²) >= 11 is 9.53. The average molecular weight is 1440 g/mol. The van der Waals surface area contributed by atoms with Crippen LogP contribution in [0.3, 0.4) is 0 Å². The SMILES string of the molecule is CC(C)(C)c1cc2c3ccccc3c3c(-c4c(F)c(F)c(F)c(F)c4F)c(-c4c(F)c(F)c(F)c(F)c4F)c4c5ccccc5c(c1)c2n34.CC(C)(C)c1cc2c3ccccc3c3c(-c4c(F)c(F)c(F)c(F)c4F)c(-c4c(F)c(F)c(F)c(F)c4F)c4c5ccccc5c(c1)c2n34.ClCCl. The minimum Gasteiger partial charge on any atom is -0.307 e. The molecule has 0 saturated carbocycles. The summed E-state index contributed by atoms with van der Waals surface area (Å²) in [4.78, 5) is 0. The van der Waals surface area contributed by atoms with E-state index in [9.17, 15) is 52.7 Å². The number of benzene rings is 10. The van der Waals surface area contributed by atoms with E-state index in [1.165, 1.54) is 57.3 Å². The molecule has 0 amide bonds. The number of fused-ring (bicyclic) bond motifs is 12. The summed E-state index contributed by atoms with van der Waals surface area (Å²) in [5.74, 6) is -47.8. The molecule has 2 nitrogen and oxygen atoms in total. The van der Waals surface area contributed by atoms with Gasteiger partial charge in [-0.2, -0.15) is 0 Å². The van der Waals surface area contributed by atoms with Gasteiger partial charge in [0.2, 0.25) is 23.3 Å². The van der Waals surface area contributed by atoms with Gasteiger partial charge in [0, 0.05) is 65.3 Å². The number of aromatic nitrogens is 2. The summed E-state index contributed by atoms with van der Waals surface area (Å²) in [5, 5.41) is 4.64. The number of nitrogens with zero attached hydrogens (tertiary/aromatic N) is 2. The zero-order valence-electron chi connectivity index (χ0n) is 52.5. The summed E-state index contributed by atoms with van der Waals surface area (Å²) in [6.07, 6.45) is 0. The monoisotopic (exact) mass is 1440 g/mol. The molecule has 512 valence electrons. The normalized spacial score (nSPS) is 12.4. The Hall–Kier alpha value is -10.1. The van der Waals surface area contributed by atoms with Crippen LogP contribution in [-0.4, -0.2) is 14.1 Å². The van der Waals surface area contributed by atoms with Crippen molar-refractivity contribution in [2.45, 2.75) is 52.4 Å². The molecular weight excluding hydrogens is 1400 g/mol. The van der Waals surface area contributed by atoms with E-state index >= 15 is 35.1 Å². The first kappa shape index (κ1) is 68.1. The number of halogens is 22. The van der Waals surface area contributed by atoms with Crippen LogP contribution in [0.2, 0.25) is 0 Å². The van der Waals surface area contributed by atoms with Gasteiger partial charge >= 0.3 is 0 Å². The molecule has 0 aliphatic carbocycles. The van der Waals surface area contributed by atoms with E-state index in [-0.39, 0.29) is 49.0 Å².